The standard InChI is InChI=1S/C19H23N3O4S2/c20-19(23)26-14-8-6-13(7-9-14)18-21-12-16(27-18)15-4-1-2-5-17(15)28(24,25)22-10-3-11-22/h1-2,4-5,12-14H,3,6-11H2,(H2,20,23). The van der Waals surface area contributed by atoms with Crippen LogP contribution in [0.2, 0.25) is 0 Å². The third-order valence-corrected chi connectivity index (χ3v) is 8.57. The lowest BCUT2D eigenvalue weighted by molar-refractivity contribution is 0.0787. The molecule has 2 heterocycles. The van der Waals surface area contributed by atoms with Gasteiger partial charge in [0.1, 0.15) is 6.10 Å². The Morgan fingerprint density at radius 3 is 2.54 bits per heavy atom. The Morgan fingerprint density at radius 2 is 1.89 bits per heavy atom. The summed E-state index contributed by atoms with van der Waals surface area (Å²) in [7, 11) is -3.46. The molecule has 9 heteroatoms. The fraction of sp³-hybridized carbons (Fsp3) is 0.474. The summed E-state index contributed by atoms with van der Waals surface area (Å²) in [4.78, 5) is 16.7. The molecule has 2 N–H and O–H groups in total. The topological polar surface area (TPSA) is 103 Å². The summed E-state index contributed by atoms with van der Waals surface area (Å²) in [6, 6.07) is 7.14. The van der Waals surface area contributed by atoms with E-state index in [0.29, 0.717) is 29.5 Å². The van der Waals surface area contributed by atoms with Crippen molar-refractivity contribution in [2.45, 2.75) is 49.0 Å². The van der Waals surface area contributed by atoms with E-state index < -0.39 is 16.1 Å². The lowest BCUT2D eigenvalue weighted by Crippen LogP contribution is -2.42. The van der Waals surface area contributed by atoms with Crippen LogP contribution in [0.4, 0.5) is 4.79 Å². The van der Waals surface area contributed by atoms with Crippen molar-refractivity contribution in [3.8, 4) is 10.4 Å². The van der Waals surface area contributed by atoms with E-state index in [4.69, 9.17) is 10.5 Å². The van der Waals surface area contributed by atoms with E-state index in [1.54, 1.807) is 29.7 Å². The van der Waals surface area contributed by atoms with E-state index in [9.17, 15) is 13.2 Å². The summed E-state index contributed by atoms with van der Waals surface area (Å²) < 4.78 is 32.4. The molecular formula is C19H23N3O4S2. The zero-order chi connectivity index (χ0) is 19.7. The molecule has 1 aliphatic heterocycles. The van der Waals surface area contributed by atoms with Gasteiger partial charge in [0, 0.05) is 30.8 Å². The fourth-order valence-electron chi connectivity index (χ4n) is 3.75. The van der Waals surface area contributed by atoms with Gasteiger partial charge in [-0.1, -0.05) is 18.2 Å². The molecule has 0 atom stereocenters. The highest BCUT2D eigenvalue weighted by molar-refractivity contribution is 7.89. The number of primary amides is 1. The number of carbonyl (C=O) groups excluding carboxylic acids is 1. The predicted octanol–water partition coefficient (Wildman–Crippen LogP) is 3.33. The third-order valence-electron chi connectivity index (χ3n) is 5.42. The van der Waals surface area contributed by atoms with Gasteiger partial charge >= 0.3 is 6.09 Å². The molecule has 0 bridgehead atoms. The van der Waals surface area contributed by atoms with Crippen molar-refractivity contribution in [3.05, 3.63) is 35.5 Å². The summed E-state index contributed by atoms with van der Waals surface area (Å²) in [5, 5.41) is 1.00. The average Bonchev–Trinajstić information content (AvgIpc) is 3.10. The quantitative estimate of drug-likeness (QED) is 0.798. The molecule has 1 aromatic carbocycles. The molecule has 1 saturated heterocycles. The second kappa shape index (κ2) is 7.81. The summed E-state index contributed by atoms with van der Waals surface area (Å²) in [5.74, 6) is 0.297. The van der Waals surface area contributed by atoms with Gasteiger partial charge in [-0.3, -0.25) is 0 Å². The van der Waals surface area contributed by atoms with Crippen molar-refractivity contribution in [2.75, 3.05) is 13.1 Å². The molecule has 0 radical (unpaired) electrons. The van der Waals surface area contributed by atoms with Crippen molar-refractivity contribution in [1.82, 2.24) is 9.29 Å². The van der Waals surface area contributed by atoms with E-state index in [-0.39, 0.29) is 6.10 Å². The van der Waals surface area contributed by atoms with Crippen LogP contribution >= 0.6 is 11.3 Å². The Kier molecular flexibility index (Phi) is 5.39. The first-order valence-electron chi connectivity index (χ1n) is 9.46. The minimum absolute atomic E-state index is 0.115. The number of thiazole rings is 1. The number of hydrogen-bond donors (Lipinski definition) is 1. The third kappa shape index (κ3) is 3.78. The van der Waals surface area contributed by atoms with E-state index in [0.717, 1.165) is 42.0 Å². The number of rotatable bonds is 5. The molecule has 1 saturated carbocycles. The lowest BCUT2D eigenvalue weighted by atomic mass is 9.88. The van der Waals surface area contributed by atoms with Crippen LogP contribution in [0.25, 0.3) is 10.4 Å². The van der Waals surface area contributed by atoms with Crippen LogP contribution in [-0.4, -0.2) is 43.0 Å². The predicted molar refractivity (Wildman–Crippen MR) is 107 cm³/mol. The Hall–Kier alpha value is -1.97. The molecule has 28 heavy (non-hydrogen) atoms. The van der Waals surface area contributed by atoms with Crippen molar-refractivity contribution in [3.63, 3.8) is 0 Å². The summed E-state index contributed by atoms with van der Waals surface area (Å²) in [5.41, 5.74) is 5.81. The van der Waals surface area contributed by atoms with Crippen molar-refractivity contribution >= 4 is 27.5 Å². The van der Waals surface area contributed by atoms with Crippen LogP contribution < -0.4 is 5.73 Å². The fourth-order valence-corrected chi connectivity index (χ4v) is 6.67. The van der Waals surface area contributed by atoms with Gasteiger partial charge in [-0.05, 0) is 38.2 Å². The van der Waals surface area contributed by atoms with E-state index >= 15 is 0 Å². The molecule has 4 rings (SSSR count). The first kappa shape index (κ1) is 19.4. The van der Waals surface area contributed by atoms with E-state index in [2.05, 4.69) is 4.98 Å². The highest BCUT2D eigenvalue weighted by atomic mass is 32.2. The molecule has 2 aliphatic rings. The summed E-state index contributed by atoms with van der Waals surface area (Å²) in [6.45, 7) is 1.17. The number of benzene rings is 1. The number of hydrogen-bond acceptors (Lipinski definition) is 6. The zero-order valence-electron chi connectivity index (χ0n) is 15.4. The van der Waals surface area contributed by atoms with Crippen molar-refractivity contribution in [2.24, 2.45) is 5.73 Å². The van der Waals surface area contributed by atoms with Gasteiger partial charge in [-0.2, -0.15) is 4.31 Å². The number of amides is 1. The molecule has 1 aliphatic carbocycles. The van der Waals surface area contributed by atoms with Gasteiger partial charge in [-0.15, -0.1) is 11.3 Å². The van der Waals surface area contributed by atoms with Gasteiger partial charge in [0.25, 0.3) is 0 Å². The van der Waals surface area contributed by atoms with Gasteiger partial charge in [0.05, 0.1) is 14.8 Å². The number of sulfonamides is 1. The first-order chi connectivity index (χ1) is 13.4. The van der Waals surface area contributed by atoms with Crippen LogP contribution in [0, 0.1) is 0 Å². The minimum Gasteiger partial charge on any atom is -0.446 e. The molecular weight excluding hydrogens is 398 g/mol. The zero-order valence-corrected chi connectivity index (χ0v) is 17.0. The lowest BCUT2D eigenvalue weighted by Gasteiger charge is -2.30. The largest absolute Gasteiger partial charge is 0.446 e. The average molecular weight is 422 g/mol. The number of nitrogens with two attached hydrogens (primary N) is 1. The number of aromatic nitrogens is 1. The Bertz CT molecular complexity index is 961. The van der Waals surface area contributed by atoms with Crippen LogP contribution in [0.5, 0.6) is 0 Å². The monoisotopic (exact) mass is 421 g/mol. The first-order valence-corrected chi connectivity index (χ1v) is 11.7. The van der Waals surface area contributed by atoms with Gasteiger partial charge in [0.15, 0.2) is 0 Å². The number of carbonyl (C=O) groups is 1. The van der Waals surface area contributed by atoms with E-state index in [1.165, 1.54) is 4.31 Å². The molecule has 2 fully saturated rings. The normalized spacial score (nSPS) is 23.1. The number of ether oxygens (including phenoxy) is 1. The molecule has 0 unspecified atom stereocenters. The molecule has 1 aromatic heterocycles. The maximum absolute atomic E-state index is 12.9. The molecule has 0 spiro atoms. The summed E-state index contributed by atoms with van der Waals surface area (Å²) in [6.07, 6.45) is 5.13. The van der Waals surface area contributed by atoms with Crippen molar-refractivity contribution < 1.29 is 17.9 Å². The van der Waals surface area contributed by atoms with Gasteiger partial charge in [0.2, 0.25) is 10.0 Å². The molecule has 1 amide bonds. The SMILES string of the molecule is NC(=O)OC1CCC(c2ncc(-c3ccccc3S(=O)(=O)N3CCC3)s2)CC1. The second-order valence-corrected chi connectivity index (χ2v) is 10.2. The van der Waals surface area contributed by atoms with E-state index in [1.807, 2.05) is 12.1 Å². The maximum atomic E-state index is 12.9. The molecule has 2 aromatic rings. The van der Waals surface area contributed by atoms with Crippen LogP contribution in [0.1, 0.15) is 43.0 Å². The smallest absolute Gasteiger partial charge is 0.404 e. The van der Waals surface area contributed by atoms with Crippen molar-refractivity contribution in [1.29, 1.82) is 0 Å². The summed E-state index contributed by atoms with van der Waals surface area (Å²) >= 11 is 1.55. The molecule has 7 nitrogen and oxygen atoms in total. The second-order valence-electron chi connectivity index (χ2n) is 7.23. The van der Waals surface area contributed by atoms with Crippen LogP contribution in [0.15, 0.2) is 35.4 Å². The van der Waals surface area contributed by atoms with Crippen LogP contribution in [-0.2, 0) is 14.8 Å². The maximum Gasteiger partial charge on any atom is 0.404 e. The minimum atomic E-state index is -3.46. The molecule has 150 valence electrons. The van der Waals surface area contributed by atoms with Gasteiger partial charge in [-0.25, -0.2) is 18.2 Å². The Morgan fingerprint density at radius 1 is 1.18 bits per heavy atom. The van der Waals surface area contributed by atoms with Gasteiger partial charge < -0.3 is 10.5 Å². The van der Waals surface area contributed by atoms with Crippen LogP contribution in [0.3, 0.4) is 0 Å². The Balaban J connectivity index is 1.54. The highest BCUT2D eigenvalue weighted by Crippen LogP contribution is 2.40. The Labute approximate surface area is 168 Å². The highest BCUT2D eigenvalue weighted by Gasteiger charge is 2.32. The number of nitrogens with zero attached hydrogens (tertiary/aromatic N) is 2.